The second-order valence-electron chi connectivity index (χ2n) is 5.46. The number of benzene rings is 1. The van der Waals surface area contributed by atoms with Gasteiger partial charge in [-0.05, 0) is 49.8 Å². The summed E-state index contributed by atoms with van der Waals surface area (Å²) in [6.07, 6.45) is 2.34. The van der Waals surface area contributed by atoms with Crippen molar-refractivity contribution in [3.63, 3.8) is 0 Å². The van der Waals surface area contributed by atoms with Crippen molar-refractivity contribution >= 4 is 17.3 Å². The predicted octanol–water partition coefficient (Wildman–Crippen LogP) is 2.28. The molecule has 1 fully saturated rings. The third-order valence-electron chi connectivity index (χ3n) is 3.73. The number of amides is 1. The molecule has 0 bridgehead atoms. The number of nitrogens with one attached hydrogen (secondary N) is 1. The summed E-state index contributed by atoms with van der Waals surface area (Å²) in [6.45, 7) is 3.65. The highest BCUT2D eigenvalue weighted by molar-refractivity contribution is 5.93. The van der Waals surface area contributed by atoms with E-state index in [0.29, 0.717) is 5.92 Å². The number of nitro groups is 1. The van der Waals surface area contributed by atoms with E-state index in [-0.39, 0.29) is 29.7 Å². The molecule has 1 aromatic carbocycles. The van der Waals surface area contributed by atoms with Gasteiger partial charge in [0.15, 0.2) is 0 Å². The van der Waals surface area contributed by atoms with Gasteiger partial charge in [0.05, 0.1) is 4.92 Å². The summed E-state index contributed by atoms with van der Waals surface area (Å²) in [5.41, 5.74) is 7.77. The molecule has 0 heterocycles. The van der Waals surface area contributed by atoms with Gasteiger partial charge >= 0.3 is 0 Å². The Bertz CT molecular complexity index is 553. The Morgan fingerprint density at radius 3 is 2.60 bits per heavy atom. The number of carbonyl (C=O) groups is 1. The minimum atomic E-state index is -0.483. The fraction of sp³-hybridized carbons (Fsp3) is 0.500. The number of hydrogen-bond donors (Lipinski definition) is 2. The monoisotopic (exact) mass is 277 g/mol. The number of carbonyl (C=O) groups excluding carboxylic acids is 1. The van der Waals surface area contributed by atoms with Crippen LogP contribution >= 0.6 is 0 Å². The summed E-state index contributed by atoms with van der Waals surface area (Å²) in [6, 6.07) is 2.96. The van der Waals surface area contributed by atoms with Crippen LogP contribution in [-0.2, 0) is 4.79 Å². The number of nitrogens with zero attached hydrogens (tertiary/aromatic N) is 1. The average Bonchev–Trinajstić information content (AvgIpc) is 3.16. The van der Waals surface area contributed by atoms with Gasteiger partial charge in [0.25, 0.3) is 5.69 Å². The van der Waals surface area contributed by atoms with Gasteiger partial charge in [-0.2, -0.15) is 0 Å². The highest BCUT2D eigenvalue weighted by Gasteiger charge is 2.30. The predicted molar refractivity (Wildman–Crippen MR) is 76.5 cm³/mol. The highest BCUT2D eigenvalue weighted by Crippen LogP contribution is 2.33. The van der Waals surface area contributed by atoms with E-state index in [1.165, 1.54) is 6.07 Å². The van der Waals surface area contributed by atoms with E-state index in [2.05, 4.69) is 5.32 Å². The van der Waals surface area contributed by atoms with E-state index in [9.17, 15) is 14.9 Å². The lowest BCUT2D eigenvalue weighted by Gasteiger charge is -2.12. The summed E-state index contributed by atoms with van der Waals surface area (Å²) >= 11 is 0. The molecule has 3 N–H and O–H groups in total. The van der Waals surface area contributed by atoms with Gasteiger partial charge in [-0.15, -0.1) is 0 Å². The van der Waals surface area contributed by atoms with Crippen molar-refractivity contribution in [3.05, 3.63) is 33.4 Å². The maximum atomic E-state index is 11.9. The molecule has 0 spiro atoms. The summed E-state index contributed by atoms with van der Waals surface area (Å²) in [5.74, 6) is 0.159. The van der Waals surface area contributed by atoms with Crippen LogP contribution in [0.3, 0.4) is 0 Å². The molecule has 0 saturated heterocycles. The van der Waals surface area contributed by atoms with Crippen LogP contribution in [0.2, 0.25) is 0 Å². The number of hydrogen-bond acceptors (Lipinski definition) is 4. The van der Waals surface area contributed by atoms with E-state index in [4.69, 9.17) is 5.73 Å². The Kier molecular flexibility index (Phi) is 4.04. The number of nitro benzene ring substituents is 1. The molecule has 1 saturated carbocycles. The Labute approximate surface area is 117 Å². The van der Waals surface area contributed by atoms with Gasteiger partial charge in [0, 0.05) is 18.5 Å². The maximum absolute atomic E-state index is 11.9. The van der Waals surface area contributed by atoms with Gasteiger partial charge in [-0.25, -0.2) is 0 Å². The Morgan fingerprint density at radius 1 is 1.45 bits per heavy atom. The van der Waals surface area contributed by atoms with Crippen molar-refractivity contribution in [2.24, 2.45) is 11.7 Å². The van der Waals surface area contributed by atoms with Crippen LogP contribution < -0.4 is 11.1 Å². The Balaban J connectivity index is 2.12. The minimum absolute atomic E-state index is 0.0820. The van der Waals surface area contributed by atoms with Crippen molar-refractivity contribution in [2.75, 3.05) is 5.32 Å². The van der Waals surface area contributed by atoms with Crippen LogP contribution in [0.1, 0.15) is 30.4 Å². The van der Waals surface area contributed by atoms with E-state index >= 15 is 0 Å². The normalized spacial score (nSPS) is 15.8. The average molecular weight is 277 g/mol. The number of rotatable bonds is 5. The second kappa shape index (κ2) is 5.58. The molecule has 0 aliphatic heterocycles. The zero-order valence-corrected chi connectivity index (χ0v) is 11.7. The highest BCUT2D eigenvalue weighted by atomic mass is 16.6. The molecule has 108 valence electrons. The number of anilines is 1. The molecule has 0 radical (unpaired) electrons. The van der Waals surface area contributed by atoms with Crippen LogP contribution in [0, 0.1) is 29.9 Å². The summed E-state index contributed by atoms with van der Waals surface area (Å²) in [7, 11) is 0. The molecule has 1 aliphatic rings. The quantitative estimate of drug-likeness (QED) is 0.637. The smallest absolute Gasteiger partial charge is 0.293 e. The molecule has 1 aromatic rings. The first kappa shape index (κ1) is 14.5. The number of aryl methyl sites for hydroxylation is 2. The van der Waals surface area contributed by atoms with Crippen molar-refractivity contribution in [2.45, 2.75) is 39.2 Å². The molecular formula is C14H19N3O3. The standard InChI is InChI=1S/C14H19N3O3/c1-8-5-12(13(17(19)20)6-9(8)2)16-14(18)7-11(15)10-3-4-10/h5-6,10-11H,3-4,7,15H2,1-2H3,(H,16,18). The third kappa shape index (κ3) is 3.33. The molecule has 6 heteroatoms. The molecule has 1 aliphatic carbocycles. The van der Waals surface area contributed by atoms with E-state index in [1.54, 1.807) is 13.0 Å². The molecule has 1 atom stereocenters. The van der Waals surface area contributed by atoms with E-state index in [1.807, 2.05) is 6.92 Å². The van der Waals surface area contributed by atoms with E-state index in [0.717, 1.165) is 24.0 Å². The van der Waals surface area contributed by atoms with Crippen LogP contribution in [-0.4, -0.2) is 16.9 Å². The summed E-state index contributed by atoms with van der Waals surface area (Å²) in [4.78, 5) is 22.5. The lowest BCUT2D eigenvalue weighted by molar-refractivity contribution is -0.384. The zero-order valence-electron chi connectivity index (χ0n) is 11.7. The molecule has 1 unspecified atom stereocenters. The minimum Gasteiger partial charge on any atom is -0.327 e. The second-order valence-corrected chi connectivity index (χ2v) is 5.46. The fourth-order valence-electron chi connectivity index (χ4n) is 2.16. The lowest BCUT2D eigenvalue weighted by atomic mass is 10.1. The SMILES string of the molecule is Cc1cc(NC(=O)CC(N)C2CC2)c([N+](=O)[O-])cc1C. The van der Waals surface area contributed by atoms with Gasteiger partial charge < -0.3 is 11.1 Å². The molecule has 0 aromatic heterocycles. The van der Waals surface area contributed by atoms with Crippen LogP contribution in [0.25, 0.3) is 0 Å². The molecule has 20 heavy (non-hydrogen) atoms. The molecular weight excluding hydrogens is 258 g/mol. The van der Waals surface area contributed by atoms with Crippen molar-refractivity contribution in [1.29, 1.82) is 0 Å². The van der Waals surface area contributed by atoms with Crippen molar-refractivity contribution < 1.29 is 9.72 Å². The van der Waals surface area contributed by atoms with Gasteiger partial charge in [-0.1, -0.05) is 0 Å². The largest absolute Gasteiger partial charge is 0.327 e. The van der Waals surface area contributed by atoms with E-state index < -0.39 is 4.92 Å². The molecule has 1 amide bonds. The third-order valence-corrected chi connectivity index (χ3v) is 3.73. The number of nitrogens with two attached hydrogens (primary N) is 1. The topological polar surface area (TPSA) is 98.3 Å². The van der Waals surface area contributed by atoms with Gasteiger partial charge in [0.2, 0.25) is 5.91 Å². The van der Waals surface area contributed by atoms with Gasteiger partial charge in [-0.3, -0.25) is 14.9 Å². The van der Waals surface area contributed by atoms with Crippen molar-refractivity contribution in [1.82, 2.24) is 0 Å². The Hall–Kier alpha value is -1.95. The first-order valence-electron chi connectivity index (χ1n) is 6.69. The van der Waals surface area contributed by atoms with Gasteiger partial charge in [0.1, 0.15) is 5.69 Å². The summed E-state index contributed by atoms with van der Waals surface area (Å²) in [5, 5.41) is 13.6. The molecule has 6 nitrogen and oxygen atoms in total. The lowest BCUT2D eigenvalue weighted by Crippen LogP contribution is -2.29. The van der Waals surface area contributed by atoms with Crippen LogP contribution in [0.4, 0.5) is 11.4 Å². The first-order valence-corrected chi connectivity index (χ1v) is 6.69. The first-order chi connectivity index (χ1) is 9.38. The summed E-state index contributed by atoms with van der Waals surface area (Å²) < 4.78 is 0. The zero-order chi connectivity index (χ0) is 14.9. The Morgan fingerprint density at radius 2 is 2.05 bits per heavy atom. The molecule has 2 rings (SSSR count). The van der Waals surface area contributed by atoms with Crippen LogP contribution in [0.15, 0.2) is 12.1 Å². The maximum Gasteiger partial charge on any atom is 0.293 e. The van der Waals surface area contributed by atoms with Crippen LogP contribution in [0.5, 0.6) is 0 Å². The van der Waals surface area contributed by atoms with Crippen molar-refractivity contribution in [3.8, 4) is 0 Å². The fourth-order valence-corrected chi connectivity index (χ4v) is 2.16.